The van der Waals surface area contributed by atoms with Gasteiger partial charge in [0.2, 0.25) is 5.95 Å². The van der Waals surface area contributed by atoms with Gasteiger partial charge in [0.25, 0.3) is 0 Å². The summed E-state index contributed by atoms with van der Waals surface area (Å²) in [6, 6.07) is 4.65. The van der Waals surface area contributed by atoms with Crippen LogP contribution >= 0.6 is 0 Å². The van der Waals surface area contributed by atoms with Crippen LogP contribution in [0.3, 0.4) is 0 Å². The van der Waals surface area contributed by atoms with E-state index >= 15 is 0 Å². The lowest BCUT2D eigenvalue weighted by Crippen LogP contribution is -2.59. The molecule has 0 radical (unpaired) electrons. The second kappa shape index (κ2) is 6.09. The zero-order chi connectivity index (χ0) is 16.7. The molecule has 2 atom stereocenters. The summed E-state index contributed by atoms with van der Waals surface area (Å²) in [6.07, 6.45) is 5.73. The SMILES string of the molecule is CC1C(Nc2ncc(-c3ccc(F)c(F)c3)cn2)C2CCN1CC2. The molecule has 4 heterocycles. The molecular weight excluding hydrogens is 310 g/mol. The van der Waals surface area contributed by atoms with E-state index in [2.05, 4.69) is 27.1 Å². The number of halogens is 2. The van der Waals surface area contributed by atoms with Gasteiger partial charge in [-0.2, -0.15) is 0 Å². The van der Waals surface area contributed by atoms with Crippen molar-refractivity contribution in [2.45, 2.75) is 31.8 Å². The monoisotopic (exact) mass is 330 g/mol. The predicted octanol–water partition coefficient (Wildman–Crippen LogP) is 3.32. The van der Waals surface area contributed by atoms with Crippen LogP contribution in [-0.4, -0.2) is 40.0 Å². The highest BCUT2D eigenvalue weighted by Crippen LogP contribution is 2.33. The van der Waals surface area contributed by atoms with Gasteiger partial charge in [-0.05, 0) is 56.5 Å². The summed E-state index contributed by atoms with van der Waals surface area (Å²) in [6.45, 7) is 4.61. The molecule has 2 aromatic rings. The molecule has 126 valence electrons. The van der Waals surface area contributed by atoms with Crippen LogP contribution in [0.15, 0.2) is 30.6 Å². The van der Waals surface area contributed by atoms with Gasteiger partial charge in [0.15, 0.2) is 11.6 Å². The summed E-state index contributed by atoms with van der Waals surface area (Å²) in [5, 5.41) is 3.46. The van der Waals surface area contributed by atoms with Gasteiger partial charge >= 0.3 is 0 Å². The molecule has 2 unspecified atom stereocenters. The molecular formula is C18H20F2N4. The molecule has 3 aliphatic rings. The minimum Gasteiger partial charge on any atom is -0.350 e. The number of nitrogens with one attached hydrogen (secondary N) is 1. The fraction of sp³-hybridized carbons (Fsp3) is 0.444. The van der Waals surface area contributed by atoms with E-state index in [0.717, 1.165) is 12.1 Å². The largest absolute Gasteiger partial charge is 0.350 e. The van der Waals surface area contributed by atoms with E-state index in [-0.39, 0.29) is 0 Å². The summed E-state index contributed by atoms with van der Waals surface area (Å²) >= 11 is 0. The zero-order valence-electron chi connectivity index (χ0n) is 13.5. The van der Waals surface area contributed by atoms with Crippen molar-refractivity contribution < 1.29 is 8.78 Å². The van der Waals surface area contributed by atoms with Gasteiger partial charge < -0.3 is 5.32 Å². The first-order valence-electron chi connectivity index (χ1n) is 8.40. The Bertz CT molecular complexity index is 724. The highest BCUT2D eigenvalue weighted by Gasteiger charge is 2.39. The number of hydrogen-bond donors (Lipinski definition) is 1. The van der Waals surface area contributed by atoms with Crippen molar-refractivity contribution in [1.82, 2.24) is 14.9 Å². The molecule has 4 nitrogen and oxygen atoms in total. The Balaban J connectivity index is 1.50. The number of anilines is 1. The Morgan fingerprint density at radius 1 is 1.04 bits per heavy atom. The first-order chi connectivity index (χ1) is 11.6. The van der Waals surface area contributed by atoms with E-state index in [4.69, 9.17) is 0 Å². The van der Waals surface area contributed by atoms with Crippen molar-refractivity contribution in [2.24, 2.45) is 5.92 Å². The van der Waals surface area contributed by atoms with Crippen molar-refractivity contribution >= 4 is 5.95 Å². The normalized spacial score (nSPS) is 28.8. The summed E-state index contributed by atoms with van der Waals surface area (Å²) in [5.41, 5.74) is 1.23. The molecule has 1 N–H and O–H groups in total. The Hall–Kier alpha value is -2.08. The number of aromatic nitrogens is 2. The molecule has 6 heteroatoms. The van der Waals surface area contributed by atoms with E-state index in [0.29, 0.717) is 35.1 Å². The Kier molecular flexibility index (Phi) is 3.92. The number of rotatable bonds is 3. The third kappa shape index (κ3) is 2.75. The van der Waals surface area contributed by atoms with E-state index in [1.54, 1.807) is 12.4 Å². The number of hydrogen-bond acceptors (Lipinski definition) is 4. The molecule has 3 saturated heterocycles. The summed E-state index contributed by atoms with van der Waals surface area (Å²) < 4.78 is 26.4. The Morgan fingerprint density at radius 2 is 1.75 bits per heavy atom. The van der Waals surface area contributed by atoms with Crippen LogP contribution in [0.25, 0.3) is 11.1 Å². The van der Waals surface area contributed by atoms with E-state index < -0.39 is 11.6 Å². The number of fused-ring (bicyclic) bond motifs is 3. The average Bonchev–Trinajstić information content (AvgIpc) is 2.61. The molecule has 3 fully saturated rings. The molecule has 24 heavy (non-hydrogen) atoms. The van der Waals surface area contributed by atoms with Crippen molar-refractivity contribution in [2.75, 3.05) is 18.4 Å². The average molecular weight is 330 g/mol. The molecule has 0 spiro atoms. The number of benzene rings is 1. The fourth-order valence-electron chi connectivity index (χ4n) is 3.92. The lowest BCUT2D eigenvalue weighted by molar-refractivity contribution is 0.0455. The summed E-state index contributed by atoms with van der Waals surface area (Å²) in [5.74, 6) is -0.462. The van der Waals surface area contributed by atoms with Crippen molar-refractivity contribution in [3.8, 4) is 11.1 Å². The number of piperidine rings is 3. The van der Waals surface area contributed by atoms with Crippen LogP contribution in [0.5, 0.6) is 0 Å². The molecule has 0 amide bonds. The maximum atomic E-state index is 13.3. The van der Waals surface area contributed by atoms with Gasteiger partial charge in [-0.3, -0.25) is 4.90 Å². The van der Waals surface area contributed by atoms with Gasteiger partial charge in [0.05, 0.1) is 0 Å². The summed E-state index contributed by atoms with van der Waals surface area (Å²) in [4.78, 5) is 11.2. The third-order valence-electron chi connectivity index (χ3n) is 5.38. The van der Waals surface area contributed by atoms with Crippen LogP contribution in [0, 0.1) is 17.6 Å². The van der Waals surface area contributed by atoms with Gasteiger partial charge in [-0.1, -0.05) is 6.07 Å². The standard InChI is InChI=1S/C18H20F2N4/c1-11-17(12-4-6-24(11)7-5-12)23-18-21-9-14(10-22-18)13-2-3-15(19)16(20)8-13/h2-3,8-12,17H,4-7H2,1H3,(H,21,22,23). The van der Waals surface area contributed by atoms with Crippen molar-refractivity contribution in [3.63, 3.8) is 0 Å². The van der Waals surface area contributed by atoms with E-state index in [9.17, 15) is 8.78 Å². The van der Waals surface area contributed by atoms with E-state index in [1.807, 2.05) is 0 Å². The zero-order valence-corrected chi connectivity index (χ0v) is 13.5. The van der Waals surface area contributed by atoms with Crippen molar-refractivity contribution in [1.29, 1.82) is 0 Å². The molecule has 0 saturated carbocycles. The lowest BCUT2D eigenvalue weighted by Gasteiger charge is -2.49. The fourth-order valence-corrected chi connectivity index (χ4v) is 3.92. The van der Waals surface area contributed by atoms with Gasteiger partial charge in [-0.25, -0.2) is 18.7 Å². The van der Waals surface area contributed by atoms with E-state index in [1.165, 1.54) is 32.0 Å². The molecule has 2 bridgehead atoms. The lowest BCUT2D eigenvalue weighted by atomic mass is 9.79. The minimum atomic E-state index is -0.865. The highest BCUT2D eigenvalue weighted by molar-refractivity contribution is 5.62. The maximum Gasteiger partial charge on any atom is 0.222 e. The smallest absolute Gasteiger partial charge is 0.222 e. The van der Waals surface area contributed by atoms with Crippen LogP contribution in [-0.2, 0) is 0 Å². The summed E-state index contributed by atoms with van der Waals surface area (Å²) in [7, 11) is 0. The first-order valence-corrected chi connectivity index (χ1v) is 8.40. The molecule has 1 aromatic heterocycles. The Morgan fingerprint density at radius 3 is 2.38 bits per heavy atom. The number of nitrogens with zero attached hydrogens (tertiary/aromatic N) is 3. The Labute approximate surface area is 139 Å². The highest BCUT2D eigenvalue weighted by atomic mass is 19.2. The quantitative estimate of drug-likeness (QED) is 0.937. The molecule has 0 aliphatic carbocycles. The molecule has 1 aromatic carbocycles. The van der Waals surface area contributed by atoms with Gasteiger partial charge in [-0.15, -0.1) is 0 Å². The predicted molar refractivity (Wildman–Crippen MR) is 88.6 cm³/mol. The molecule has 3 aliphatic heterocycles. The van der Waals surface area contributed by atoms with Gasteiger partial charge in [0, 0.05) is 30.0 Å². The first kappa shape index (κ1) is 15.4. The second-order valence-corrected chi connectivity index (χ2v) is 6.71. The van der Waals surface area contributed by atoms with Gasteiger partial charge in [0.1, 0.15) is 0 Å². The molecule has 5 rings (SSSR count). The second-order valence-electron chi connectivity index (χ2n) is 6.71. The maximum absolute atomic E-state index is 13.3. The van der Waals surface area contributed by atoms with Crippen molar-refractivity contribution in [3.05, 3.63) is 42.2 Å². The topological polar surface area (TPSA) is 41.1 Å². The van der Waals surface area contributed by atoms with Crippen LogP contribution in [0.2, 0.25) is 0 Å². The van der Waals surface area contributed by atoms with Crippen LogP contribution in [0.1, 0.15) is 19.8 Å². The van der Waals surface area contributed by atoms with Crippen LogP contribution in [0.4, 0.5) is 14.7 Å². The van der Waals surface area contributed by atoms with Crippen LogP contribution < -0.4 is 5.32 Å². The minimum absolute atomic E-state index is 0.363. The third-order valence-corrected chi connectivity index (χ3v) is 5.38.